The zero-order valence-corrected chi connectivity index (χ0v) is 14.0. The van der Waals surface area contributed by atoms with Gasteiger partial charge in [0, 0.05) is 12.7 Å². The largest absolute Gasteiger partial charge is 0.489 e. The Kier molecular flexibility index (Phi) is 8.30. The van der Waals surface area contributed by atoms with Crippen LogP contribution in [-0.4, -0.2) is 31.3 Å². The minimum atomic E-state index is -0.612. The number of nitrogens with one attached hydrogen (secondary N) is 1. The van der Waals surface area contributed by atoms with Crippen LogP contribution in [0.5, 0.6) is 5.75 Å². The van der Waals surface area contributed by atoms with E-state index < -0.39 is 11.9 Å². The fourth-order valence-corrected chi connectivity index (χ4v) is 2.35. The molecule has 1 aliphatic heterocycles. The number of ether oxygens (including phenoxy) is 2. The van der Waals surface area contributed by atoms with Crippen molar-refractivity contribution >= 4 is 24.0 Å². The van der Waals surface area contributed by atoms with Crippen molar-refractivity contribution in [3.05, 3.63) is 24.0 Å². The number of hydrogen-bond donors (Lipinski definition) is 2. The van der Waals surface area contributed by atoms with Gasteiger partial charge in [0.15, 0.2) is 0 Å². The number of carbonyl (C=O) groups is 1. The molecule has 0 spiro atoms. The second kappa shape index (κ2) is 9.70. The van der Waals surface area contributed by atoms with E-state index in [0.29, 0.717) is 24.5 Å². The van der Waals surface area contributed by atoms with E-state index in [4.69, 9.17) is 15.2 Å². The maximum atomic E-state index is 13.4. The van der Waals surface area contributed by atoms with Crippen LogP contribution in [0.2, 0.25) is 0 Å². The summed E-state index contributed by atoms with van der Waals surface area (Å²) < 4.78 is 24.6. The Labute approximate surface area is 142 Å². The Bertz CT molecular complexity index is 510. The van der Waals surface area contributed by atoms with Crippen LogP contribution >= 0.6 is 12.4 Å². The lowest BCUT2D eigenvalue weighted by Crippen LogP contribution is -2.35. The molecule has 1 aliphatic rings. The molecule has 7 heteroatoms. The first-order valence-corrected chi connectivity index (χ1v) is 7.70. The summed E-state index contributed by atoms with van der Waals surface area (Å²) in [4.78, 5) is 12.0. The maximum absolute atomic E-state index is 13.4. The summed E-state index contributed by atoms with van der Waals surface area (Å²) in [7, 11) is 0. The summed E-state index contributed by atoms with van der Waals surface area (Å²) in [6.45, 7) is 3.08. The molecule has 1 heterocycles. The third-order valence-corrected chi connectivity index (χ3v) is 3.58. The van der Waals surface area contributed by atoms with Gasteiger partial charge in [-0.2, -0.15) is 0 Å². The van der Waals surface area contributed by atoms with Crippen molar-refractivity contribution in [3.8, 4) is 5.75 Å². The highest BCUT2D eigenvalue weighted by molar-refractivity contribution is 5.95. The Morgan fingerprint density at radius 3 is 3.00 bits per heavy atom. The third kappa shape index (κ3) is 5.97. The average Bonchev–Trinajstić information content (AvgIpc) is 3.00. The van der Waals surface area contributed by atoms with E-state index in [2.05, 4.69) is 5.32 Å². The molecule has 3 N–H and O–H groups in total. The lowest BCUT2D eigenvalue weighted by Gasteiger charge is -2.17. The molecular weight excluding hydrogens is 323 g/mol. The first-order chi connectivity index (χ1) is 10.6. The maximum Gasteiger partial charge on any atom is 0.241 e. The number of rotatable bonds is 7. The van der Waals surface area contributed by atoms with Gasteiger partial charge in [0.1, 0.15) is 18.2 Å². The minimum absolute atomic E-state index is 0. The number of nitrogens with two attached hydrogens (primary N) is 1. The lowest BCUT2D eigenvalue weighted by atomic mass is 10.1. The van der Waals surface area contributed by atoms with Crippen molar-refractivity contribution in [1.82, 2.24) is 0 Å². The van der Waals surface area contributed by atoms with Crippen molar-refractivity contribution in [2.75, 3.05) is 18.5 Å². The molecular formula is C16H24ClFN2O3. The summed E-state index contributed by atoms with van der Waals surface area (Å²) in [6, 6.07) is 3.43. The number of anilines is 1. The van der Waals surface area contributed by atoms with Gasteiger partial charge in [-0.05, 0) is 31.4 Å². The quantitative estimate of drug-likeness (QED) is 0.796. The molecule has 0 aliphatic carbocycles. The molecule has 1 saturated heterocycles. The highest BCUT2D eigenvalue weighted by Gasteiger charge is 2.19. The number of amides is 1. The summed E-state index contributed by atoms with van der Waals surface area (Å²) in [5.74, 6) is -0.354. The van der Waals surface area contributed by atoms with E-state index in [1.807, 2.05) is 6.92 Å². The molecule has 5 nitrogen and oxygen atoms in total. The molecule has 1 fully saturated rings. The van der Waals surface area contributed by atoms with Gasteiger partial charge < -0.3 is 20.5 Å². The number of benzene rings is 1. The van der Waals surface area contributed by atoms with Crippen LogP contribution in [0.25, 0.3) is 0 Å². The predicted molar refractivity (Wildman–Crippen MR) is 89.6 cm³/mol. The summed E-state index contributed by atoms with van der Waals surface area (Å²) in [5, 5.41) is 2.64. The Morgan fingerprint density at radius 2 is 2.35 bits per heavy atom. The molecule has 0 aromatic heterocycles. The predicted octanol–water partition coefficient (Wildman–Crippen LogP) is 2.87. The van der Waals surface area contributed by atoms with Crippen molar-refractivity contribution in [2.45, 2.75) is 44.8 Å². The van der Waals surface area contributed by atoms with Gasteiger partial charge in [-0.3, -0.25) is 4.79 Å². The smallest absolute Gasteiger partial charge is 0.241 e. The number of halogens is 2. The van der Waals surface area contributed by atoms with E-state index in [1.54, 1.807) is 0 Å². The first-order valence-electron chi connectivity index (χ1n) is 7.70. The van der Waals surface area contributed by atoms with E-state index in [-0.39, 0.29) is 24.4 Å². The zero-order chi connectivity index (χ0) is 15.9. The summed E-state index contributed by atoms with van der Waals surface area (Å²) in [5.41, 5.74) is 6.07. The van der Waals surface area contributed by atoms with Gasteiger partial charge in [0.2, 0.25) is 5.91 Å². The monoisotopic (exact) mass is 346 g/mol. The third-order valence-electron chi connectivity index (χ3n) is 3.58. The molecule has 0 saturated carbocycles. The van der Waals surface area contributed by atoms with Crippen molar-refractivity contribution in [2.24, 2.45) is 5.73 Å². The summed E-state index contributed by atoms with van der Waals surface area (Å²) in [6.07, 6.45) is 3.40. The SMILES string of the molecule is CCCC(N)C(=O)Nc1cc(F)ccc1OCC1CCCO1.Cl. The fraction of sp³-hybridized carbons (Fsp3) is 0.562. The van der Waals surface area contributed by atoms with Crippen LogP contribution in [0.1, 0.15) is 32.6 Å². The zero-order valence-electron chi connectivity index (χ0n) is 13.2. The first kappa shape index (κ1) is 19.7. The Morgan fingerprint density at radius 1 is 1.57 bits per heavy atom. The highest BCUT2D eigenvalue weighted by Crippen LogP contribution is 2.26. The topological polar surface area (TPSA) is 73.6 Å². The van der Waals surface area contributed by atoms with Gasteiger partial charge in [0.25, 0.3) is 0 Å². The van der Waals surface area contributed by atoms with Gasteiger partial charge >= 0.3 is 0 Å². The fourth-order valence-electron chi connectivity index (χ4n) is 2.35. The van der Waals surface area contributed by atoms with Crippen LogP contribution in [0.15, 0.2) is 18.2 Å². The molecule has 23 heavy (non-hydrogen) atoms. The average molecular weight is 347 g/mol. The molecule has 1 amide bonds. The highest BCUT2D eigenvalue weighted by atomic mass is 35.5. The van der Waals surface area contributed by atoms with Gasteiger partial charge in [0.05, 0.1) is 17.8 Å². The number of carbonyl (C=O) groups excluding carboxylic acids is 1. The second-order valence-electron chi connectivity index (χ2n) is 5.47. The molecule has 0 radical (unpaired) electrons. The van der Waals surface area contributed by atoms with Crippen LogP contribution in [0.3, 0.4) is 0 Å². The van der Waals surface area contributed by atoms with Gasteiger partial charge in [-0.1, -0.05) is 13.3 Å². The van der Waals surface area contributed by atoms with Crippen molar-refractivity contribution in [1.29, 1.82) is 0 Å². The molecule has 0 bridgehead atoms. The van der Waals surface area contributed by atoms with E-state index in [1.165, 1.54) is 18.2 Å². The standard InChI is InChI=1S/C16H23FN2O3.ClH/c1-2-4-13(18)16(20)19-14-9-11(17)6-7-15(14)22-10-12-5-3-8-21-12;/h6-7,9,12-13H,2-5,8,10,18H2,1H3,(H,19,20);1H. The van der Waals surface area contributed by atoms with E-state index in [9.17, 15) is 9.18 Å². The molecule has 2 atom stereocenters. The molecule has 2 unspecified atom stereocenters. The van der Waals surface area contributed by atoms with Crippen molar-refractivity contribution < 1.29 is 18.7 Å². The molecule has 1 aromatic rings. The molecule has 1 aromatic carbocycles. The van der Waals surface area contributed by atoms with Gasteiger partial charge in [-0.25, -0.2) is 4.39 Å². The Balaban J connectivity index is 0.00000264. The minimum Gasteiger partial charge on any atom is -0.489 e. The molecule has 2 rings (SSSR count). The second-order valence-corrected chi connectivity index (χ2v) is 5.47. The number of hydrogen-bond acceptors (Lipinski definition) is 4. The van der Waals surface area contributed by atoms with Crippen LogP contribution in [0, 0.1) is 5.82 Å². The van der Waals surface area contributed by atoms with Crippen LogP contribution in [0.4, 0.5) is 10.1 Å². The van der Waals surface area contributed by atoms with Crippen molar-refractivity contribution in [3.63, 3.8) is 0 Å². The van der Waals surface area contributed by atoms with E-state index in [0.717, 1.165) is 25.9 Å². The summed E-state index contributed by atoms with van der Waals surface area (Å²) >= 11 is 0. The van der Waals surface area contributed by atoms with Crippen LogP contribution < -0.4 is 15.8 Å². The van der Waals surface area contributed by atoms with Crippen LogP contribution in [-0.2, 0) is 9.53 Å². The normalized spacial score (nSPS) is 18.1. The lowest BCUT2D eigenvalue weighted by molar-refractivity contribution is -0.117. The van der Waals surface area contributed by atoms with E-state index >= 15 is 0 Å². The van der Waals surface area contributed by atoms with Gasteiger partial charge in [-0.15, -0.1) is 12.4 Å². The Hall–Kier alpha value is -1.37. The molecule has 130 valence electrons.